The molecule has 0 amide bonds. The molecule has 0 saturated heterocycles. The van der Waals surface area contributed by atoms with Crippen LogP contribution in [0.1, 0.15) is 142 Å². The fraction of sp³-hybridized carbons (Fsp3) is 0.958. The third-order valence-electron chi connectivity index (χ3n) is 5.22. The Hall–Kier alpha value is -0.530. The highest BCUT2D eigenvalue weighted by Crippen LogP contribution is 2.14. The molecule has 0 fully saturated rings. The van der Waals surface area contributed by atoms with Crippen LogP contribution in [-0.4, -0.2) is 12.6 Å². The van der Waals surface area contributed by atoms with Gasteiger partial charge in [0.1, 0.15) is 0 Å². The van der Waals surface area contributed by atoms with E-state index in [1.807, 2.05) is 6.92 Å². The molecule has 0 spiro atoms. The van der Waals surface area contributed by atoms with E-state index < -0.39 is 0 Å². The lowest BCUT2D eigenvalue weighted by molar-refractivity contribution is -0.143. The van der Waals surface area contributed by atoms with E-state index >= 15 is 0 Å². The molecule has 0 radical (unpaired) electrons. The molecule has 0 saturated carbocycles. The second kappa shape index (κ2) is 22.5. The van der Waals surface area contributed by atoms with E-state index in [4.69, 9.17) is 4.74 Å². The second-order valence-corrected chi connectivity index (χ2v) is 7.98. The van der Waals surface area contributed by atoms with Gasteiger partial charge >= 0.3 is 5.97 Å². The summed E-state index contributed by atoms with van der Waals surface area (Å²) in [5, 5.41) is 0. The number of rotatable bonds is 21. The van der Waals surface area contributed by atoms with Crippen molar-refractivity contribution in [2.24, 2.45) is 0 Å². The minimum atomic E-state index is -0.0283. The van der Waals surface area contributed by atoms with Gasteiger partial charge in [-0.1, -0.05) is 123 Å². The van der Waals surface area contributed by atoms with Crippen LogP contribution in [0.2, 0.25) is 0 Å². The number of hydrogen-bond acceptors (Lipinski definition) is 2. The Morgan fingerprint density at radius 1 is 0.500 bits per heavy atom. The van der Waals surface area contributed by atoms with E-state index in [-0.39, 0.29) is 5.97 Å². The van der Waals surface area contributed by atoms with E-state index in [0.29, 0.717) is 13.0 Å². The van der Waals surface area contributed by atoms with Gasteiger partial charge in [0, 0.05) is 6.42 Å². The van der Waals surface area contributed by atoms with Gasteiger partial charge < -0.3 is 4.74 Å². The van der Waals surface area contributed by atoms with Gasteiger partial charge in [0.05, 0.1) is 6.61 Å². The van der Waals surface area contributed by atoms with Crippen molar-refractivity contribution in [3.63, 3.8) is 0 Å². The van der Waals surface area contributed by atoms with E-state index in [9.17, 15) is 4.79 Å². The van der Waals surface area contributed by atoms with Gasteiger partial charge in [0.15, 0.2) is 0 Å². The molecule has 0 aliphatic heterocycles. The molecule has 0 unspecified atom stereocenters. The molecule has 0 aromatic rings. The summed E-state index contributed by atoms with van der Waals surface area (Å²) in [6.07, 6.45) is 26.4. The molecule has 2 nitrogen and oxygen atoms in total. The molecule has 0 bridgehead atoms. The van der Waals surface area contributed by atoms with Gasteiger partial charge in [-0.25, -0.2) is 0 Å². The van der Waals surface area contributed by atoms with E-state index in [2.05, 4.69) is 6.92 Å². The molecule has 0 N–H and O–H groups in total. The Bertz CT molecular complexity index is 275. The summed E-state index contributed by atoms with van der Waals surface area (Å²) in [4.78, 5) is 11.2. The normalized spacial score (nSPS) is 11.0. The van der Waals surface area contributed by atoms with Crippen LogP contribution in [0.3, 0.4) is 0 Å². The molecule has 0 heterocycles. The fourth-order valence-electron chi connectivity index (χ4n) is 3.47. The zero-order chi connectivity index (χ0) is 19.1. The molecule has 0 aromatic heterocycles. The third-order valence-corrected chi connectivity index (χ3v) is 5.22. The Morgan fingerprint density at radius 2 is 0.846 bits per heavy atom. The molecule has 156 valence electrons. The van der Waals surface area contributed by atoms with Crippen molar-refractivity contribution in [1.82, 2.24) is 0 Å². The number of hydrogen-bond donors (Lipinski definition) is 0. The van der Waals surface area contributed by atoms with E-state index in [1.165, 1.54) is 109 Å². The molecule has 0 aromatic carbocycles. The smallest absolute Gasteiger partial charge is 0.305 e. The summed E-state index contributed by atoms with van der Waals surface area (Å²) in [5.74, 6) is -0.0283. The topological polar surface area (TPSA) is 26.3 Å². The highest BCUT2D eigenvalue weighted by Gasteiger charge is 1.99. The molecule has 0 rings (SSSR count). The maximum absolute atomic E-state index is 11.2. The Balaban J connectivity index is 3.02. The Morgan fingerprint density at radius 3 is 1.19 bits per heavy atom. The van der Waals surface area contributed by atoms with E-state index in [0.717, 1.165) is 12.8 Å². The number of unbranched alkanes of at least 4 members (excludes halogenated alkanes) is 17. The van der Waals surface area contributed by atoms with Crippen LogP contribution < -0.4 is 0 Å². The molecule has 0 aliphatic rings. The lowest BCUT2D eigenvalue weighted by Crippen LogP contribution is -2.04. The zero-order valence-corrected chi connectivity index (χ0v) is 18.2. The van der Waals surface area contributed by atoms with Crippen LogP contribution in [0.15, 0.2) is 0 Å². The summed E-state index contributed by atoms with van der Waals surface area (Å²) < 4.78 is 5.17. The van der Waals surface area contributed by atoms with Gasteiger partial charge in [-0.05, 0) is 12.8 Å². The van der Waals surface area contributed by atoms with Crippen molar-refractivity contribution < 1.29 is 9.53 Å². The van der Waals surface area contributed by atoms with Crippen LogP contribution >= 0.6 is 0 Å². The maximum atomic E-state index is 11.2. The predicted octanol–water partition coefficient (Wildman–Crippen LogP) is 8.37. The van der Waals surface area contributed by atoms with Crippen molar-refractivity contribution in [3.8, 4) is 0 Å². The average molecular weight is 369 g/mol. The summed E-state index contributed by atoms with van der Waals surface area (Å²) in [7, 11) is 0. The summed E-state index contributed by atoms with van der Waals surface area (Å²) in [5.41, 5.74) is 0. The monoisotopic (exact) mass is 368 g/mol. The van der Waals surface area contributed by atoms with Crippen LogP contribution in [0.5, 0.6) is 0 Å². The number of esters is 1. The average Bonchev–Trinajstić information content (AvgIpc) is 2.64. The van der Waals surface area contributed by atoms with Gasteiger partial charge in [-0.15, -0.1) is 0 Å². The first kappa shape index (κ1) is 25.5. The maximum Gasteiger partial charge on any atom is 0.305 e. The van der Waals surface area contributed by atoms with Gasteiger partial charge in [-0.2, -0.15) is 0 Å². The lowest BCUT2D eigenvalue weighted by Gasteiger charge is -2.05. The minimum absolute atomic E-state index is 0.0283. The third kappa shape index (κ3) is 21.5. The van der Waals surface area contributed by atoms with Crippen molar-refractivity contribution >= 4 is 5.97 Å². The molecule has 2 heteroatoms. The first-order valence-corrected chi connectivity index (χ1v) is 12.0. The highest BCUT2D eigenvalue weighted by atomic mass is 16.5. The second-order valence-electron chi connectivity index (χ2n) is 7.98. The standard InChI is InChI=1S/C24H48O2/c1-3-5-6-7-8-9-10-11-12-13-14-15-16-17-18-19-20-21-23-26-24(25)22-4-2/h3-23H2,1-2H3. The zero-order valence-electron chi connectivity index (χ0n) is 18.2. The van der Waals surface area contributed by atoms with Crippen molar-refractivity contribution in [3.05, 3.63) is 0 Å². The van der Waals surface area contributed by atoms with Gasteiger partial charge in [0.25, 0.3) is 0 Å². The molecule has 0 atom stereocenters. The first-order chi connectivity index (χ1) is 12.8. The highest BCUT2D eigenvalue weighted by molar-refractivity contribution is 5.69. The van der Waals surface area contributed by atoms with Crippen molar-refractivity contribution in [1.29, 1.82) is 0 Å². The number of carbonyl (C=O) groups is 1. The quantitative estimate of drug-likeness (QED) is 0.150. The Labute approximate surface area is 164 Å². The lowest BCUT2D eigenvalue weighted by atomic mass is 10.0. The number of ether oxygens (including phenoxy) is 1. The molecule has 26 heavy (non-hydrogen) atoms. The SMILES string of the molecule is CCCCCCCCCCCCCCCCCCCCOC(=O)CCC. The van der Waals surface area contributed by atoms with Crippen LogP contribution in [0, 0.1) is 0 Å². The molecular weight excluding hydrogens is 320 g/mol. The fourth-order valence-corrected chi connectivity index (χ4v) is 3.47. The first-order valence-electron chi connectivity index (χ1n) is 12.0. The number of carbonyl (C=O) groups excluding carboxylic acids is 1. The summed E-state index contributed by atoms with van der Waals surface area (Å²) >= 11 is 0. The van der Waals surface area contributed by atoms with Crippen LogP contribution in [0.25, 0.3) is 0 Å². The van der Waals surface area contributed by atoms with Gasteiger partial charge in [-0.3, -0.25) is 4.79 Å². The van der Waals surface area contributed by atoms with Crippen LogP contribution in [0.4, 0.5) is 0 Å². The van der Waals surface area contributed by atoms with Gasteiger partial charge in [0.2, 0.25) is 0 Å². The minimum Gasteiger partial charge on any atom is -0.466 e. The predicted molar refractivity (Wildman–Crippen MR) is 115 cm³/mol. The summed E-state index contributed by atoms with van der Waals surface area (Å²) in [6.45, 7) is 4.92. The molecule has 0 aliphatic carbocycles. The summed E-state index contributed by atoms with van der Waals surface area (Å²) in [6, 6.07) is 0. The molecular formula is C24H48O2. The van der Waals surface area contributed by atoms with E-state index in [1.54, 1.807) is 0 Å². The Kier molecular flexibility index (Phi) is 22.1. The largest absolute Gasteiger partial charge is 0.466 e. The van der Waals surface area contributed by atoms with Crippen LogP contribution in [-0.2, 0) is 9.53 Å². The van der Waals surface area contributed by atoms with Crippen molar-refractivity contribution in [2.75, 3.05) is 6.61 Å². The van der Waals surface area contributed by atoms with Crippen molar-refractivity contribution in [2.45, 2.75) is 142 Å².